The van der Waals surface area contributed by atoms with Gasteiger partial charge in [0.25, 0.3) is 0 Å². The van der Waals surface area contributed by atoms with E-state index in [0.717, 1.165) is 36.9 Å². The third-order valence-electron chi connectivity index (χ3n) is 5.02. The van der Waals surface area contributed by atoms with E-state index >= 15 is 0 Å². The number of aliphatic imine (C=N–C) groups is 1. The number of nitrogens with zero attached hydrogens (tertiary/aromatic N) is 3. The van der Waals surface area contributed by atoms with Gasteiger partial charge in [-0.1, -0.05) is 43.3 Å². The number of guanidine groups is 1. The van der Waals surface area contributed by atoms with Crippen molar-refractivity contribution in [1.29, 1.82) is 0 Å². The summed E-state index contributed by atoms with van der Waals surface area (Å²) in [5.41, 5.74) is 3.56. The first-order valence-corrected chi connectivity index (χ1v) is 9.10. The molecule has 4 nitrogen and oxygen atoms in total. The topological polar surface area (TPSA) is 40.5 Å². The molecule has 132 valence electrons. The quantitative estimate of drug-likeness (QED) is 0.688. The van der Waals surface area contributed by atoms with Gasteiger partial charge < -0.3 is 10.2 Å². The number of hydrogen-bond donors (Lipinski definition) is 1. The fourth-order valence-electron chi connectivity index (χ4n) is 3.73. The van der Waals surface area contributed by atoms with Crippen molar-refractivity contribution in [2.75, 3.05) is 20.1 Å². The van der Waals surface area contributed by atoms with Crippen LogP contribution in [0.25, 0.3) is 0 Å². The first-order chi connectivity index (χ1) is 12.2. The van der Waals surface area contributed by atoms with E-state index < -0.39 is 0 Å². The summed E-state index contributed by atoms with van der Waals surface area (Å²) in [6.45, 7) is 7.14. The predicted molar refractivity (Wildman–Crippen MR) is 104 cm³/mol. The molecule has 4 heteroatoms. The molecule has 1 N–H and O–H groups in total. The molecule has 2 aromatic rings. The third-order valence-corrected chi connectivity index (χ3v) is 5.02. The highest BCUT2D eigenvalue weighted by Crippen LogP contribution is 2.32. The van der Waals surface area contributed by atoms with Gasteiger partial charge in [-0.15, -0.1) is 0 Å². The average molecular weight is 336 g/mol. The zero-order valence-electron chi connectivity index (χ0n) is 15.4. The second-order valence-corrected chi connectivity index (χ2v) is 6.90. The van der Waals surface area contributed by atoms with Crippen LogP contribution < -0.4 is 5.32 Å². The lowest BCUT2D eigenvalue weighted by atomic mass is 9.82. The van der Waals surface area contributed by atoms with E-state index in [2.05, 4.69) is 69.6 Å². The lowest BCUT2D eigenvalue weighted by Gasteiger charge is -2.38. The molecule has 1 aromatic heterocycles. The summed E-state index contributed by atoms with van der Waals surface area (Å²) in [6, 6.07) is 17.0. The molecule has 2 atom stereocenters. The Bertz CT molecular complexity index is 711. The molecule has 0 bridgehead atoms. The summed E-state index contributed by atoms with van der Waals surface area (Å²) in [7, 11) is 1.86. The summed E-state index contributed by atoms with van der Waals surface area (Å²) in [5, 5.41) is 3.47. The maximum Gasteiger partial charge on any atom is 0.193 e. The number of pyridine rings is 1. The number of likely N-dealkylation sites (tertiary alicyclic amines) is 1. The van der Waals surface area contributed by atoms with Crippen LogP contribution in [0.4, 0.5) is 0 Å². The summed E-state index contributed by atoms with van der Waals surface area (Å²) in [5.74, 6) is 2.21. The molecule has 1 aromatic carbocycles. The van der Waals surface area contributed by atoms with Crippen molar-refractivity contribution in [3.63, 3.8) is 0 Å². The number of piperidine rings is 1. The van der Waals surface area contributed by atoms with Crippen molar-refractivity contribution in [2.45, 2.75) is 32.7 Å². The van der Waals surface area contributed by atoms with Gasteiger partial charge in [-0.25, -0.2) is 0 Å². The largest absolute Gasteiger partial charge is 0.351 e. The molecule has 2 unspecified atom stereocenters. The Morgan fingerprint density at radius 1 is 1.20 bits per heavy atom. The molecule has 0 amide bonds. The molecule has 0 spiro atoms. The first kappa shape index (κ1) is 17.5. The second-order valence-electron chi connectivity index (χ2n) is 6.90. The van der Waals surface area contributed by atoms with Crippen LogP contribution in [0.15, 0.2) is 53.5 Å². The predicted octanol–water partition coefficient (Wildman–Crippen LogP) is 3.59. The van der Waals surface area contributed by atoms with E-state index in [4.69, 9.17) is 0 Å². The normalized spacial score (nSPS) is 21.2. The lowest BCUT2D eigenvalue weighted by molar-refractivity contribution is 0.234. The molecule has 1 saturated heterocycles. The van der Waals surface area contributed by atoms with Crippen LogP contribution in [-0.4, -0.2) is 36.0 Å². The minimum Gasteiger partial charge on any atom is -0.351 e. The van der Waals surface area contributed by atoms with Gasteiger partial charge in [-0.05, 0) is 42.9 Å². The van der Waals surface area contributed by atoms with E-state index in [1.807, 2.05) is 20.0 Å². The molecule has 0 aliphatic carbocycles. The van der Waals surface area contributed by atoms with E-state index in [-0.39, 0.29) is 0 Å². The minimum atomic E-state index is 0.604. The fraction of sp³-hybridized carbons (Fsp3) is 0.429. The summed E-state index contributed by atoms with van der Waals surface area (Å²) < 4.78 is 0. The van der Waals surface area contributed by atoms with Gasteiger partial charge in [0.15, 0.2) is 5.96 Å². The van der Waals surface area contributed by atoms with Gasteiger partial charge in [0.05, 0.1) is 12.2 Å². The number of benzene rings is 1. The molecule has 1 aliphatic heterocycles. The number of aromatic nitrogens is 1. The lowest BCUT2D eigenvalue weighted by Crippen LogP contribution is -2.47. The van der Waals surface area contributed by atoms with Crippen molar-refractivity contribution in [3.8, 4) is 0 Å². The SMILES string of the molecule is CN=C(NCc1cccc(C)n1)N1CCC(c2ccccc2)C(C)C1. The molecule has 0 radical (unpaired) electrons. The molecule has 0 saturated carbocycles. The van der Waals surface area contributed by atoms with Crippen LogP contribution in [-0.2, 0) is 6.54 Å². The molecule has 3 rings (SSSR count). The zero-order chi connectivity index (χ0) is 17.6. The maximum atomic E-state index is 4.56. The van der Waals surface area contributed by atoms with Gasteiger partial charge >= 0.3 is 0 Å². The smallest absolute Gasteiger partial charge is 0.193 e. The van der Waals surface area contributed by atoms with Crippen molar-refractivity contribution in [2.24, 2.45) is 10.9 Å². The van der Waals surface area contributed by atoms with Crippen LogP contribution in [0.1, 0.15) is 36.2 Å². The Morgan fingerprint density at radius 2 is 2.00 bits per heavy atom. The van der Waals surface area contributed by atoms with Crippen molar-refractivity contribution < 1.29 is 0 Å². The second kappa shape index (κ2) is 8.15. The molecule has 25 heavy (non-hydrogen) atoms. The molecule has 1 aliphatic rings. The fourth-order valence-corrected chi connectivity index (χ4v) is 3.73. The molecular formula is C21H28N4. The highest BCUT2D eigenvalue weighted by Gasteiger charge is 2.28. The van der Waals surface area contributed by atoms with Gasteiger partial charge in [-0.3, -0.25) is 9.98 Å². The van der Waals surface area contributed by atoms with E-state index in [0.29, 0.717) is 18.4 Å². The average Bonchev–Trinajstić information content (AvgIpc) is 2.63. The first-order valence-electron chi connectivity index (χ1n) is 9.10. The summed E-state index contributed by atoms with van der Waals surface area (Å²) in [6.07, 6.45) is 1.16. The van der Waals surface area contributed by atoms with E-state index in [1.54, 1.807) is 0 Å². The number of hydrogen-bond acceptors (Lipinski definition) is 2. The van der Waals surface area contributed by atoms with Crippen molar-refractivity contribution in [3.05, 3.63) is 65.5 Å². The highest BCUT2D eigenvalue weighted by atomic mass is 15.3. The maximum absolute atomic E-state index is 4.56. The number of nitrogens with one attached hydrogen (secondary N) is 1. The van der Waals surface area contributed by atoms with E-state index in [9.17, 15) is 0 Å². The monoisotopic (exact) mass is 336 g/mol. The van der Waals surface area contributed by atoms with Crippen molar-refractivity contribution in [1.82, 2.24) is 15.2 Å². The van der Waals surface area contributed by atoms with Gasteiger partial charge in [0, 0.05) is 25.8 Å². The third kappa shape index (κ3) is 4.38. The van der Waals surface area contributed by atoms with Gasteiger partial charge in [0.2, 0.25) is 0 Å². The summed E-state index contributed by atoms with van der Waals surface area (Å²) >= 11 is 0. The molecule has 1 fully saturated rings. The van der Waals surface area contributed by atoms with Crippen LogP contribution in [0.2, 0.25) is 0 Å². The Kier molecular flexibility index (Phi) is 5.69. The Labute approximate surface area is 151 Å². The molecular weight excluding hydrogens is 308 g/mol. The summed E-state index contributed by atoms with van der Waals surface area (Å²) in [4.78, 5) is 11.4. The van der Waals surface area contributed by atoms with E-state index in [1.165, 1.54) is 5.56 Å². The van der Waals surface area contributed by atoms with Crippen LogP contribution in [0, 0.1) is 12.8 Å². The van der Waals surface area contributed by atoms with Crippen LogP contribution in [0.3, 0.4) is 0 Å². The van der Waals surface area contributed by atoms with Crippen LogP contribution >= 0.6 is 0 Å². The van der Waals surface area contributed by atoms with Crippen molar-refractivity contribution >= 4 is 5.96 Å². The minimum absolute atomic E-state index is 0.604. The number of aryl methyl sites for hydroxylation is 1. The Hall–Kier alpha value is -2.36. The highest BCUT2D eigenvalue weighted by molar-refractivity contribution is 5.80. The van der Waals surface area contributed by atoms with Crippen LogP contribution in [0.5, 0.6) is 0 Å². The van der Waals surface area contributed by atoms with Gasteiger partial charge in [-0.2, -0.15) is 0 Å². The standard InChI is InChI=1S/C21H28N4/c1-16-15-25(13-12-20(16)18-9-5-4-6-10-18)21(22-3)23-14-19-11-7-8-17(2)24-19/h4-11,16,20H,12-15H2,1-3H3,(H,22,23). The zero-order valence-corrected chi connectivity index (χ0v) is 15.4. The Balaban J connectivity index is 1.60. The van der Waals surface area contributed by atoms with Gasteiger partial charge in [0.1, 0.15) is 0 Å². The number of rotatable bonds is 3. The Morgan fingerprint density at radius 3 is 2.68 bits per heavy atom. The molecule has 2 heterocycles.